The molecule has 0 N–H and O–H groups in total. The van der Waals surface area contributed by atoms with Gasteiger partial charge in [0.1, 0.15) is 0 Å². The minimum absolute atomic E-state index is 0.977. The Kier molecular flexibility index (Phi) is 3.13. The quantitative estimate of drug-likeness (QED) is 0.517. The zero-order valence-electron chi connectivity index (χ0n) is 6.04. The molecule has 0 saturated heterocycles. The van der Waals surface area contributed by atoms with Crippen LogP contribution in [0.25, 0.3) is 6.08 Å². The van der Waals surface area contributed by atoms with E-state index in [2.05, 4.69) is 37.7 Å². The summed E-state index contributed by atoms with van der Waals surface area (Å²) in [4.78, 5) is 0.977. The van der Waals surface area contributed by atoms with E-state index in [0.29, 0.717) is 0 Å². The van der Waals surface area contributed by atoms with E-state index in [9.17, 15) is 0 Å². The Labute approximate surface area is 77.3 Å². The Bertz CT molecular complexity index is 271. The normalized spacial score (nSPS) is 9.73. The Morgan fingerprint density at radius 2 is 1.73 bits per heavy atom. The van der Waals surface area contributed by atoms with Crippen LogP contribution in [0.4, 0.5) is 0 Å². The van der Waals surface area contributed by atoms with Crippen molar-refractivity contribution in [2.75, 3.05) is 0 Å². The first-order valence-electron chi connectivity index (χ1n) is 3.15. The second-order valence-corrected chi connectivity index (χ2v) is 4.00. The average molecular weight is 200 g/mol. The van der Waals surface area contributed by atoms with Crippen LogP contribution in [0.15, 0.2) is 23.6 Å². The van der Waals surface area contributed by atoms with Gasteiger partial charge in [0.05, 0.1) is 0 Å². The first-order chi connectivity index (χ1) is 5.15. The van der Waals surface area contributed by atoms with Gasteiger partial charge in [0, 0.05) is 4.90 Å². The van der Waals surface area contributed by atoms with Crippen molar-refractivity contribution >= 4 is 47.8 Å². The van der Waals surface area contributed by atoms with Gasteiger partial charge in [0.15, 0.2) is 0 Å². The Hall–Kier alpha value is 0.170. The van der Waals surface area contributed by atoms with Crippen molar-refractivity contribution in [3.8, 4) is 0 Å². The molecule has 0 saturated carbocycles. The van der Waals surface area contributed by atoms with E-state index in [4.69, 9.17) is 0 Å². The van der Waals surface area contributed by atoms with Crippen molar-refractivity contribution in [2.45, 2.75) is 4.90 Å². The maximum absolute atomic E-state index is 4.25. The summed E-state index contributed by atoms with van der Waals surface area (Å²) in [6, 6.07) is 4.00. The SMILES string of the molecule is C=Cc1c(P)cc(S)cc1P. The lowest BCUT2D eigenvalue weighted by Gasteiger charge is -2.04. The fraction of sp³-hybridized carbons (Fsp3) is 0. The summed E-state index contributed by atoms with van der Waals surface area (Å²) in [5, 5.41) is 2.27. The lowest BCUT2D eigenvalue weighted by atomic mass is 10.2. The number of thiol groups is 1. The van der Waals surface area contributed by atoms with Crippen LogP contribution in [0.1, 0.15) is 5.56 Å². The van der Waals surface area contributed by atoms with Gasteiger partial charge in [-0.2, -0.15) is 0 Å². The first-order valence-corrected chi connectivity index (χ1v) is 4.75. The second-order valence-electron chi connectivity index (χ2n) is 2.24. The third-order valence-electron chi connectivity index (χ3n) is 1.43. The summed E-state index contributed by atoms with van der Waals surface area (Å²) in [5.74, 6) is 0. The number of benzene rings is 1. The molecule has 0 aliphatic rings. The van der Waals surface area contributed by atoms with E-state index in [1.54, 1.807) is 0 Å². The van der Waals surface area contributed by atoms with Crippen LogP contribution in [0.3, 0.4) is 0 Å². The largest absolute Gasteiger partial charge is 0.143 e. The van der Waals surface area contributed by atoms with Crippen LogP contribution >= 0.6 is 31.1 Å². The standard InChI is InChI=1S/C8H10P2S/c1-2-6-7(9)3-5(11)4-8(6)10/h2-4,11H,1,9-10H2. The van der Waals surface area contributed by atoms with Gasteiger partial charge in [0.25, 0.3) is 0 Å². The van der Waals surface area contributed by atoms with E-state index >= 15 is 0 Å². The van der Waals surface area contributed by atoms with Gasteiger partial charge < -0.3 is 0 Å². The molecule has 0 spiro atoms. The summed E-state index contributed by atoms with van der Waals surface area (Å²) >= 11 is 4.25. The molecule has 2 unspecified atom stereocenters. The van der Waals surface area contributed by atoms with Crippen LogP contribution in [0.5, 0.6) is 0 Å². The highest BCUT2D eigenvalue weighted by Gasteiger charge is 1.98. The predicted octanol–water partition coefficient (Wildman–Crippen LogP) is 1.62. The van der Waals surface area contributed by atoms with Gasteiger partial charge in [-0.25, -0.2) is 0 Å². The fourth-order valence-electron chi connectivity index (χ4n) is 0.918. The highest BCUT2D eigenvalue weighted by Crippen LogP contribution is 2.10. The summed E-state index contributed by atoms with van der Waals surface area (Å²) in [6.45, 7) is 3.73. The first kappa shape index (κ1) is 9.26. The highest BCUT2D eigenvalue weighted by atomic mass is 32.1. The van der Waals surface area contributed by atoms with Crippen molar-refractivity contribution in [2.24, 2.45) is 0 Å². The molecule has 1 rings (SSSR count). The molecule has 0 aromatic heterocycles. The van der Waals surface area contributed by atoms with Crippen molar-refractivity contribution in [1.29, 1.82) is 0 Å². The third kappa shape index (κ3) is 2.06. The van der Waals surface area contributed by atoms with E-state index in [-0.39, 0.29) is 0 Å². The van der Waals surface area contributed by atoms with Crippen LogP contribution in [-0.4, -0.2) is 0 Å². The van der Waals surface area contributed by atoms with Gasteiger partial charge in [-0.3, -0.25) is 0 Å². The van der Waals surface area contributed by atoms with E-state index in [1.807, 2.05) is 18.2 Å². The minimum atomic E-state index is 0.977. The molecular weight excluding hydrogens is 190 g/mol. The minimum Gasteiger partial charge on any atom is -0.143 e. The maximum atomic E-state index is 4.25. The van der Waals surface area contributed by atoms with Crippen LogP contribution in [0.2, 0.25) is 0 Å². The molecule has 1 aromatic carbocycles. The smallest absolute Gasteiger partial charge is 0.00527 e. The Morgan fingerprint density at radius 1 is 1.27 bits per heavy atom. The molecule has 1 aromatic rings. The third-order valence-corrected chi connectivity index (χ3v) is 2.65. The summed E-state index contributed by atoms with van der Waals surface area (Å²) in [5.41, 5.74) is 1.15. The number of hydrogen-bond acceptors (Lipinski definition) is 1. The number of hydrogen-bond donors (Lipinski definition) is 1. The van der Waals surface area contributed by atoms with Gasteiger partial charge >= 0.3 is 0 Å². The van der Waals surface area contributed by atoms with E-state index in [0.717, 1.165) is 21.1 Å². The second kappa shape index (κ2) is 3.72. The van der Waals surface area contributed by atoms with Gasteiger partial charge in [-0.05, 0) is 28.3 Å². The molecule has 2 atom stereocenters. The average Bonchev–Trinajstić information content (AvgIpc) is 1.85. The molecule has 0 aliphatic carbocycles. The Morgan fingerprint density at radius 3 is 2.09 bits per heavy atom. The zero-order valence-corrected chi connectivity index (χ0v) is 9.24. The zero-order chi connectivity index (χ0) is 8.43. The number of rotatable bonds is 1. The monoisotopic (exact) mass is 200 g/mol. The predicted molar refractivity (Wildman–Crippen MR) is 62.5 cm³/mol. The maximum Gasteiger partial charge on any atom is 0.00527 e. The Balaban J connectivity index is 3.36. The van der Waals surface area contributed by atoms with Crippen LogP contribution in [0, 0.1) is 0 Å². The molecule has 3 heteroatoms. The topological polar surface area (TPSA) is 0 Å². The van der Waals surface area contributed by atoms with Crippen molar-refractivity contribution in [3.05, 3.63) is 24.3 Å². The fourth-order valence-corrected chi connectivity index (χ4v) is 2.57. The lowest BCUT2D eigenvalue weighted by Crippen LogP contribution is -2.08. The molecule has 11 heavy (non-hydrogen) atoms. The van der Waals surface area contributed by atoms with Gasteiger partial charge in [0.2, 0.25) is 0 Å². The summed E-state index contributed by atoms with van der Waals surface area (Å²) in [7, 11) is 5.33. The lowest BCUT2D eigenvalue weighted by molar-refractivity contribution is 1.53. The summed E-state index contributed by atoms with van der Waals surface area (Å²) < 4.78 is 0. The molecule has 0 nitrogen and oxygen atoms in total. The van der Waals surface area contributed by atoms with Crippen molar-refractivity contribution in [1.82, 2.24) is 0 Å². The van der Waals surface area contributed by atoms with Crippen LogP contribution in [-0.2, 0) is 0 Å². The highest BCUT2D eigenvalue weighted by molar-refractivity contribution is 7.80. The molecule has 0 bridgehead atoms. The molecule has 58 valence electrons. The molecule has 0 aliphatic heterocycles. The van der Waals surface area contributed by atoms with Gasteiger partial charge in [-0.1, -0.05) is 12.7 Å². The van der Waals surface area contributed by atoms with Crippen molar-refractivity contribution in [3.63, 3.8) is 0 Å². The van der Waals surface area contributed by atoms with Gasteiger partial charge in [-0.15, -0.1) is 31.1 Å². The van der Waals surface area contributed by atoms with Crippen LogP contribution < -0.4 is 10.6 Å². The summed E-state index contributed by atoms with van der Waals surface area (Å²) in [6.07, 6.45) is 1.85. The van der Waals surface area contributed by atoms with E-state index in [1.165, 1.54) is 0 Å². The van der Waals surface area contributed by atoms with E-state index < -0.39 is 0 Å². The molecular formula is C8H10P2S. The molecule has 0 amide bonds. The molecule has 0 heterocycles. The van der Waals surface area contributed by atoms with Crippen molar-refractivity contribution < 1.29 is 0 Å². The molecule has 0 radical (unpaired) electrons. The molecule has 0 fully saturated rings.